The van der Waals surface area contributed by atoms with Gasteiger partial charge >= 0.3 is 0 Å². The molecule has 0 unspecified atom stereocenters. The number of hydrogen-bond donors (Lipinski definition) is 1. The lowest BCUT2D eigenvalue weighted by atomic mass is 10.1. The SMILES string of the molecule is Cc1c(Cl)cccc1NCc1cc(Cl)c(OCc2ccc(Cl)cc2Cl)c(Cl)c1. The summed E-state index contributed by atoms with van der Waals surface area (Å²) in [6.07, 6.45) is 0. The van der Waals surface area contributed by atoms with Crippen LogP contribution in [0.1, 0.15) is 16.7 Å². The van der Waals surface area contributed by atoms with Crippen LogP contribution in [-0.2, 0) is 13.2 Å². The minimum absolute atomic E-state index is 0.231. The van der Waals surface area contributed by atoms with E-state index in [4.69, 9.17) is 62.7 Å². The molecule has 0 aromatic heterocycles. The molecule has 0 radical (unpaired) electrons. The number of hydrogen-bond acceptors (Lipinski definition) is 2. The zero-order chi connectivity index (χ0) is 20.3. The van der Waals surface area contributed by atoms with Crippen molar-refractivity contribution in [2.45, 2.75) is 20.1 Å². The van der Waals surface area contributed by atoms with Gasteiger partial charge in [0, 0.05) is 32.9 Å². The van der Waals surface area contributed by atoms with Gasteiger partial charge in [0.25, 0.3) is 0 Å². The van der Waals surface area contributed by atoms with Crippen molar-refractivity contribution in [1.82, 2.24) is 0 Å². The molecule has 28 heavy (non-hydrogen) atoms. The number of halogens is 5. The fraction of sp³-hybridized carbons (Fsp3) is 0.143. The molecule has 7 heteroatoms. The largest absolute Gasteiger partial charge is 0.486 e. The first-order valence-corrected chi connectivity index (χ1v) is 10.3. The molecular formula is C21H16Cl5NO. The van der Waals surface area contributed by atoms with E-state index in [2.05, 4.69) is 5.32 Å². The summed E-state index contributed by atoms with van der Waals surface area (Å²) in [6, 6.07) is 14.6. The van der Waals surface area contributed by atoms with Crippen LogP contribution < -0.4 is 10.1 Å². The molecule has 0 heterocycles. The predicted octanol–water partition coefficient (Wildman–Crippen LogP) is 8.45. The van der Waals surface area contributed by atoms with E-state index in [-0.39, 0.29) is 6.61 Å². The Morgan fingerprint density at radius 2 is 1.54 bits per heavy atom. The van der Waals surface area contributed by atoms with E-state index in [9.17, 15) is 0 Å². The quantitative estimate of drug-likeness (QED) is 0.386. The van der Waals surface area contributed by atoms with Crippen LogP contribution in [-0.4, -0.2) is 0 Å². The van der Waals surface area contributed by atoms with Crippen molar-refractivity contribution >= 4 is 63.7 Å². The highest BCUT2D eigenvalue weighted by Gasteiger charge is 2.12. The minimum atomic E-state index is 0.231. The highest BCUT2D eigenvalue weighted by molar-refractivity contribution is 6.37. The Morgan fingerprint density at radius 1 is 0.821 bits per heavy atom. The van der Waals surface area contributed by atoms with Crippen molar-refractivity contribution in [3.8, 4) is 5.75 Å². The molecule has 0 aliphatic rings. The lowest BCUT2D eigenvalue weighted by Crippen LogP contribution is -2.03. The molecule has 0 saturated heterocycles. The molecule has 146 valence electrons. The maximum atomic E-state index is 6.39. The van der Waals surface area contributed by atoms with Crippen molar-refractivity contribution in [3.63, 3.8) is 0 Å². The van der Waals surface area contributed by atoms with Gasteiger partial charge in [-0.2, -0.15) is 0 Å². The van der Waals surface area contributed by atoms with Gasteiger partial charge in [0.2, 0.25) is 0 Å². The van der Waals surface area contributed by atoms with E-state index in [1.807, 2.05) is 37.3 Å². The summed E-state index contributed by atoms with van der Waals surface area (Å²) < 4.78 is 5.80. The van der Waals surface area contributed by atoms with E-state index >= 15 is 0 Å². The average Bonchev–Trinajstić information content (AvgIpc) is 2.64. The van der Waals surface area contributed by atoms with Gasteiger partial charge in [-0.05, 0) is 54.4 Å². The number of rotatable bonds is 6. The maximum absolute atomic E-state index is 6.39. The summed E-state index contributed by atoms with van der Waals surface area (Å²) in [5, 5.41) is 6.00. The molecule has 3 aromatic rings. The Labute approximate surface area is 189 Å². The van der Waals surface area contributed by atoms with Crippen LogP contribution in [0.4, 0.5) is 5.69 Å². The Bertz CT molecular complexity index is 983. The molecule has 0 atom stereocenters. The normalized spacial score (nSPS) is 10.8. The molecule has 0 amide bonds. The van der Waals surface area contributed by atoms with E-state index < -0.39 is 0 Å². The third kappa shape index (κ3) is 5.20. The van der Waals surface area contributed by atoms with Crippen LogP contribution in [0.3, 0.4) is 0 Å². The second-order valence-electron chi connectivity index (χ2n) is 6.18. The van der Waals surface area contributed by atoms with Crippen LogP contribution in [0, 0.1) is 6.92 Å². The summed E-state index contributed by atoms with van der Waals surface area (Å²) in [5.41, 5.74) is 3.66. The third-order valence-electron chi connectivity index (χ3n) is 4.20. The van der Waals surface area contributed by atoms with Crippen LogP contribution >= 0.6 is 58.0 Å². The molecular weight excluding hydrogens is 460 g/mol. The van der Waals surface area contributed by atoms with Gasteiger partial charge in [0.05, 0.1) is 10.0 Å². The van der Waals surface area contributed by atoms with Crippen LogP contribution in [0.5, 0.6) is 5.75 Å². The molecule has 0 saturated carbocycles. The lowest BCUT2D eigenvalue weighted by Gasteiger charge is -2.14. The smallest absolute Gasteiger partial charge is 0.156 e. The Morgan fingerprint density at radius 3 is 2.21 bits per heavy atom. The first kappa shape index (κ1) is 21.4. The van der Waals surface area contributed by atoms with Gasteiger partial charge in [0.15, 0.2) is 5.75 Å². The van der Waals surface area contributed by atoms with E-state index in [0.29, 0.717) is 37.4 Å². The minimum Gasteiger partial charge on any atom is -0.486 e. The molecule has 0 aliphatic carbocycles. The van der Waals surface area contributed by atoms with Gasteiger partial charge in [-0.3, -0.25) is 0 Å². The Kier molecular flexibility index (Phi) is 7.25. The van der Waals surface area contributed by atoms with Crippen molar-refractivity contribution in [2.75, 3.05) is 5.32 Å². The molecule has 2 nitrogen and oxygen atoms in total. The zero-order valence-electron chi connectivity index (χ0n) is 14.8. The summed E-state index contributed by atoms with van der Waals surface area (Å²) >= 11 is 31.0. The molecule has 3 aromatic carbocycles. The second-order valence-corrected chi connectivity index (χ2v) is 8.24. The van der Waals surface area contributed by atoms with Gasteiger partial charge in [-0.15, -0.1) is 0 Å². The molecule has 3 rings (SSSR count). The summed E-state index contributed by atoms with van der Waals surface area (Å²) in [7, 11) is 0. The zero-order valence-corrected chi connectivity index (χ0v) is 18.6. The van der Waals surface area contributed by atoms with Crippen LogP contribution in [0.2, 0.25) is 25.1 Å². The van der Waals surface area contributed by atoms with Crippen molar-refractivity contribution in [1.29, 1.82) is 0 Å². The average molecular weight is 476 g/mol. The topological polar surface area (TPSA) is 21.3 Å². The first-order valence-electron chi connectivity index (χ1n) is 8.39. The standard InChI is InChI=1S/C21H16Cl5NO/c1-12-16(23)3-2-4-20(12)27-10-13-7-18(25)21(19(26)8-13)28-11-14-5-6-15(22)9-17(14)24/h2-9,27H,10-11H2,1H3. The van der Waals surface area contributed by atoms with Crippen molar-refractivity contribution < 1.29 is 4.74 Å². The number of anilines is 1. The summed E-state index contributed by atoms with van der Waals surface area (Å²) in [6.45, 7) is 2.74. The lowest BCUT2D eigenvalue weighted by molar-refractivity contribution is 0.306. The molecule has 0 fully saturated rings. The van der Waals surface area contributed by atoms with Gasteiger partial charge in [-0.1, -0.05) is 70.1 Å². The van der Waals surface area contributed by atoms with E-state index in [1.165, 1.54) is 0 Å². The van der Waals surface area contributed by atoms with Crippen molar-refractivity contribution in [3.05, 3.63) is 90.3 Å². The molecule has 0 aliphatic heterocycles. The highest BCUT2D eigenvalue weighted by atomic mass is 35.5. The van der Waals surface area contributed by atoms with Crippen LogP contribution in [0.15, 0.2) is 48.5 Å². The summed E-state index contributed by atoms with van der Waals surface area (Å²) in [5.74, 6) is 0.414. The first-order chi connectivity index (χ1) is 13.3. The number of nitrogens with one attached hydrogen (secondary N) is 1. The van der Waals surface area contributed by atoms with Gasteiger partial charge < -0.3 is 10.1 Å². The monoisotopic (exact) mass is 473 g/mol. The van der Waals surface area contributed by atoms with E-state index in [0.717, 1.165) is 22.4 Å². The predicted molar refractivity (Wildman–Crippen MR) is 121 cm³/mol. The Balaban J connectivity index is 1.71. The second kappa shape index (κ2) is 9.47. The number of ether oxygens (including phenoxy) is 1. The molecule has 0 spiro atoms. The fourth-order valence-electron chi connectivity index (χ4n) is 2.64. The fourth-order valence-corrected chi connectivity index (χ4v) is 3.92. The molecule has 0 bridgehead atoms. The van der Waals surface area contributed by atoms with Crippen LogP contribution in [0.25, 0.3) is 0 Å². The third-order valence-corrected chi connectivity index (χ3v) is 5.75. The number of benzene rings is 3. The maximum Gasteiger partial charge on any atom is 0.156 e. The van der Waals surface area contributed by atoms with Gasteiger partial charge in [-0.25, -0.2) is 0 Å². The summed E-state index contributed by atoms with van der Waals surface area (Å²) in [4.78, 5) is 0. The van der Waals surface area contributed by atoms with E-state index in [1.54, 1.807) is 18.2 Å². The highest BCUT2D eigenvalue weighted by Crippen LogP contribution is 2.36. The Hall–Kier alpha value is -1.29. The molecule has 1 N–H and O–H groups in total. The van der Waals surface area contributed by atoms with Crippen molar-refractivity contribution in [2.24, 2.45) is 0 Å². The van der Waals surface area contributed by atoms with Gasteiger partial charge in [0.1, 0.15) is 6.61 Å².